The highest BCUT2D eigenvalue weighted by atomic mass is 16.5. The van der Waals surface area contributed by atoms with Gasteiger partial charge in [0.15, 0.2) is 0 Å². The molecule has 0 aromatic heterocycles. The van der Waals surface area contributed by atoms with E-state index in [1.54, 1.807) is 0 Å². The Morgan fingerprint density at radius 3 is 2.08 bits per heavy atom. The van der Waals surface area contributed by atoms with Crippen molar-refractivity contribution in [2.24, 2.45) is 0 Å². The lowest BCUT2D eigenvalue weighted by molar-refractivity contribution is 0.266. The van der Waals surface area contributed by atoms with E-state index in [0.717, 1.165) is 37.6 Å². The average Bonchev–Trinajstić information content (AvgIpc) is 2.17. The first-order chi connectivity index (χ1) is 6.45. The zero-order chi connectivity index (χ0) is 8.93. The fourth-order valence-electron chi connectivity index (χ4n) is 1.41. The lowest BCUT2D eigenvalue weighted by Gasteiger charge is -2.12. The molecule has 0 aliphatic carbocycles. The molecule has 70 valence electrons. The lowest BCUT2D eigenvalue weighted by atomic mass is 10.2. The molecule has 2 rings (SSSR count). The average molecular weight is 178 g/mol. The second-order valence-electron chi connectivity index (χ2n) is 3.23. The minimum absolute atomic E-state index is 0.823. The van der Waals surface area contributed by atoms with Crippen molar-refractivity contribution >= 4 is 0 Å². The summed E-state index contributed by atoms with van der Waals surface area (Å²) in [4.78, 5) is 0. The van der Waals surface area contributed by atoms with Crippen LogP contribution in [0, 0.1) is 0 Å². The smallest absolute Gasteiger partial charge is 0.122 e. The lowest BCUT2D eigenvalue weighted by Crippen LogP contribution is -2.03. The van der Waals surface area contributed by atoms with E-state index in [-0.39, 0.29) is 0 Å². The van der Waals surface area contributed by atoms with Gasteiger partial charge in [-0.25, -0.2) is 0 Å². The molecule has 0 saturated carbocycles. The quantitative estimate of drug-likeness (QED) is 0.608. The van der Waals surface area contributed by atoms with Crippen molar-refractivity contribution in [2.45, 2.75) is 19.3 Å². The normalized spacial score (nSPS) is 16.9. The number of fused-ring (bicyclic) bond motifs is 2. The fourth-order valence-corrected chi connectivity index (χ4v) is 1.41. The van der Waals surface area contributed by atoms with Gasteiger partial charge < -0.3 is 9.47 Å². The maximum atomic E-state index is 5.54. The van der Waals surface area contributed by atoms with E-state index in [4.69, 9.17) is 9.47 Å². The van der Waals surface area contributed by atoms with E-state index in [2.05, 4.69) is 0 Å². The highest BCUT2D eigenvalue weighted by molar-refractivity contribution is 5.32. The molecular weight excluding hydrogens is 164 g/mol. The molecule has 0 radical (unpaired) electrons. The largest absolute Gasteiger partial charge is 0.493 e. The summed E-state index contributed by atoms with van der Waals surface area (Å²) in [6, 6.07) is 7.85. The topological polar surface area (TPSA) is 18.5 Å². The first-order valence-electron chi connectivity index (χ1n) is 4.81. The third-order valence-corrected chi connectivity index (χ3v) is 2.13. The number of benzene rings is 1. The zero-order valence-electron chi connectivity index (χ0n) is 7.66. The third-order valence-electron chi connectivity index (χ3n) is 2.13. The van der Waals surface area contributed by atoms with Gasteiger partial charge in [-0.05, 0) is 31.4 Å². The molecule has 1 aromatic carbocycles. The third kappa shape index (κ3) is 2.38. The minimum Gasteiger partial charge on any atom is -0.493 e. The van der Waals surface area contributed by atoms with E-state index < -0.39 is 0 Å². The van der Waals surface area contributed by atoms with E-state index in [1.165, 1.54) is 6.42 Å². The molecule has 0 fully saturated rings. The summed E-state index contributed by atoms with van der Waals surface area (Å²) in [7, 11) is 0. The van der Waals surface area contributed by atoms with Crippen LogP contribution in [0.1, 0.15) is 19.3 Å². The van der Waals surface area contributed by atoms with Gasteiger partial charge in [0, 0.05) is 6.07 Å². The Bertz CT molecular complexity index is 247. The predicted octanol–water partition coefficient (Wildman–Crippen LogP) is 2.63. The summed E-state index contributed by atoms with van der Waals surface area (Å²) < 4.78 is 11.1. The van der Waals surface area contributed by atoms with E-state index >= 15 is 0 Å². The fraction of sp³-hybridized carbons (Fsp3) is 0.455. The van der Waals surface area contributed by atoms with Crippen molar-refractivity contribution in [1.29, 1.82) is 0 Å². The molecule has 2 bridgehead atoms. The van der Waals surface area contributed by atoms with Crippen LogP contribution in [0.4, 0.5) is 0 Å². The van der Waals surface area contributed by atoms with Gasteiger partial charge in [0.05, 0.1) is 13.2 Å². The van der Waals surface area contributed by atoms with E-state index in [1.807, 2.05) is 24.3 Å². The Hall–Kier alpha value is -1.18. The second-order valence-corrected chi connectivity index (χ2v) is 3.23. The van der Waals surface area contributed by atoms with Gasteiger partial charge in [-0.15, -0.1) is 0 Å². The number of hydrogen-bond donors (Lipinski definition) is 0. The maximum absolute atomic E-state index is 5.54. The van der Waals surface area contributed by atoms with Gasteiger partial charge >= 0.3 is 0 Å². The molecule has 1 aromatic rings. The Morgan fingerprint density at radius 1 is 0.846 bits per heavy atom. The second kappa shape index (κ2) is 4.17. The summed E-state index contributed by atoms with van der Waals surface area (Å²) in [6.07, 6.45) is 3.42. The number of hydrogen-bond acceptors (Lipinski definition) is 2. The first-order valence-corrected chi connectivity index (χ1v) is 4.81. The van der Waals surface area contributed by atoms with E-state index in [9.17, 15) is 0 Å². The van der Waals surface area contributed by atoms with Crippen molar-refractivity contribution in [3.8, 4) is 11.5 Å². The van der Waals surface area contributed by atoms with Crippen LogP contribution in [0.2, 0.25) is 0 Å². The van der Waals surface area contributed by atoms with Crippen LogP contribution >= 0.6 is 0 Å². The van der Waals surface area contributed by atoms with Gasteiger partial charge in [0.25, 0.3) is 0 Å². The SMILES string of the molecule is c1cc2cc(c1)OCCCCCO2. The summed E-state index contributed by atoms with van der Waals surface area (Å²) >= 11 is 0. The molecule has 0 spiro atoms. The Kier molecular flexibility index (Phi) is 2.70. The van der Waals surface area contributed by atoms with E-state index in [0.29, 0.717) is 0 Å². The molecule has 1 aliphatic heterocycles. The molecule has 0 atom stereocenters. The highest BCUT2D eigenvalue weighted by Gasteiger charge is 2.00. The summed E-state index contributed by atoms with van der Waals surface area (Å²) in [5.41, 5.74) is 0. The minimum atomic E-state index is 0.823. The Morgan fingerprint density at radius 2 is 1.46 bits per heavy atom. The van der Waals surface area contributed by atoms with Crippen LogP contribution in [0.3, 0.4) is 0 Å². The predicted molar refractivity (Wildman–Crippen MR) is 51.3 cm³/mol. The molecule has 0 N–H and O–H groups in total. The first kappa shape index (κ1) is 8.42. The zero-order valence-corrected chi connectivity index (χ0v) is 7.66. The molecule has 0 unspecified atom stereocenters. The molecule has 13 heavy (non-hydrogen) atoms. The molecule has 0 amide bonds. The van der Waals surface area contributed by atoms with Crippen LogP contribution < -0.4 is 9.47 Å². The van der Waals surface area contributed by atoms with Gasteiger partial charge in [-0.1, -0.05) is 6.07 Å². The van der Waals surface area contributed by atoms with Crippen LogP contribution in [0.25, 0.3) is 0 Å². The monoisotopic (exact) mass is 178 g/mol. The molecule has 0 saturated heterocycles. The number of ether oxygens (including phenoxy) is 2. The highest BCUT2D eigenvalue weighted by Crippen LogP contribution is 2.20. The molecule has 2 heteroatoms. The van der Waals surface area contributed by atoms with Gasteiger partial charge in [-0.2, -0.15) is 0 Å². The van der Waals surface area contributed by atoms with Crippen LogP contribution in [-0.4, -0.2) is 13.2 Å². The van der Waals surface area contributed by atoms with Crippen molar-refractivity contribution in [3.63, 3.8) is 0 Å². The van der Waals surface area contributed by atoms with Crippen molar-refractivity contribution in [3.05, 3.63) is 24.3 Å². The Labute approximate surface area is 78.5 Å². The van der Waals surface area contributed by atoms with Crippen molar-refractivity contribution in [2.75, 3.05) is 13.2 Å². The molecule has 2 nitrogen and oxygen atoms in total. The molecule has 1 heterocycles. The molecular formula is C11H14O2. The summed E-state index contributed by atoms with van der Waals surface area (Å²) in [5.74, 6) is 1.83. The molecule has 1 aliphatic rings. The summed E-state index contributed by atoms with van der Waals surface area (Å²) in [5, 5.41) is 0. The summed E-state index contributed by atoms with van der Waals surface area (Å²) in [6.45, 7) is 1.65. The van der Waals surface area contributed by atoms with Crippen molar-refractivity contribution < 1.29 is 9.47 Å². The van der Waals surface area contributed by atoms with Crippen LogP contribution in [-0.2, 0) is 0 Å². The standard InChI is InChI=1S/C11H14O2/c1-2-7-12-10-5-4-6-11(9-10)13-8-3-1/h4-6,9H,1-3,7-8H2. The van der Waals surface area contributed by atoms with Gasteiger partial charge in [0.1, 0.15) is 11.5 Å². The van der Waals surface area contributed by atoms with Gasteiger partial charge in [0.2, 0.25) is 0 Å². The van der Waals surface area contributed by atoms with Crippen LogP contribution in [0.5, 0.6) is 11.5 Å². The van der Waals surface area contributed by atoms with Crippen molar-refractivity contribution in [1.82, 2.24) is 0 Å². The number of rotatable bonds is 0. The Balaban J connectivity index is 2.13. The van der Waals surface area contributed by atoms with Gasteiger partial charge in [-0.3, -0.25) is 0 Å². The van der Waals surface area contributed by atoms with Crippen LogP contribution in [0.15, 0.2) is 24.3 Å². The maximum Gasteiger partial charge on any atom is 0.122 e.